The molecule has 0 saturated carbocycles. The lowest BCUT2D eigenvalue weighted by Gasteiger charge is -2.10. The van der Waals surface area contributed by atoms with Gasteiger partial charge >= 0.3 is 0 Å². The Labute approximate surface area is 129 Å². The molecule has 6 nitrogen and oxygen atoms in total. The number of aromatic hydroxyl groups is 1. The molecule has 8 heteroatoms. The molecular formula is C13H13BrN2O4S. The third-order valence-electron chi connectivity index (χ3n) is 3.08. The summed E-state index contributed by atoms with van der Waals surface area (Å²) in [5, 5.41) is 8.97. The van der Waals surface area contributed by atoms with Gasteiger partial charge in [0.1, 0.15) is 16.6 Å². The van der Waals surface area contributed by atoms with Crippen LogP contribution in [0.2, 0.25) is 0 Å². The highest BCUT2D eigenvalue weighted by Crippen LogP contribution is 2.26. The molecule has 21 heavy (non-hydrogen) atoms. The summed E-state index contributed by atoms with van der Waals surface area (Å²) >= 11 is 3.28. The van der Waals surface area contributed by atoms with Crippen LogP contribution in [0.3, 0.4) is 0 Å². The van der Waals surface area contributed by atoms with Crippen LogP contribution in [-0.4, -0.2) is 29.7 Å². The van der Waals surface area contributed by atoms with Gasteiger partial charge < -0.3 is 10.1 Å². The molecule has 1 unspecified atom stereocenters. The van der Waals surface area contributed by atoms with E-state index in [0.717, 1.165) is 10.7 Å². The second kappa shape index (κ2) is 5.61. The van der Waals surface area contributed by atoms with Crippen LogP contribution >= 0.6 is 15.9 Å². The van der Waals surface area contributed by atoms with Gasteiger partial charge in [0.25, 0.3) is 5.56 Å². The first-order valence-electron chi connectivity index (χ1n) is 5.98. The smallest absolute Gasteiger partial charge is 0.262 e. The minimum Gasteiger partial charge on any atom is -0.493 e. The van der Waals surface area contributed by atoms with Crippen molar-refractivity contribution in [2.24, 2.45) is 0 Å². The summed E-state index contributed by atoms with van der Waals surface area (Å²) in [4.78, 5) is 18.3. The zero-order valence-electron chi connectivity index (χ0n) is 11.3. The van der Waals surface area contributed by atoms with Crippen LogP contribution in [0.4, 0.5) is 0 Å². The number of rotatable bonds is 3. The van der Waals surface area contributed by atoms with Crippen molar-refractivity contribution in [2.45, 2.75) is 12.2 Å². The lowest BCUT2D eigenvalue weighted by molar-refractivity contribution is 0.449. The first-order valence-corrected chi connectivity index (χ1v) is 8.73. The Morgan fingerprint density at radius 3 is 2.33 bits per heavy atom. The number of halogens is 1. The zero-order chi connectivity index (χ0) is 15.8. The number of sulfone groups is 1. The number of hydrogen-bond donors (Lipinski definition) is 2. The van der Waals surface area contributed by atoms with Gasteiger partial charge in [-0.05, 0) is 24.6 Å². The molecule has 112 valence electrons. The largest absolute Gasteiger partial charge is 0.493 e. The van der Waals surface area contributed by atoms with Crippen LogP contribution in [0.1, 0.15) is 18.0 Å². The maximum Gasteiger partial charge on any atom is 0.262 e. The minimum absolute atomic E-state index is 0.00644. The molecule has 0 bridgehead atoms. The fraction of sp³-hybridized carbons (Fsp3) is 0.231. The molecule has 0 aliphatic rings. The zero-order valence-corrected chi connectivity index (χ0v) is 13.7. The van der Waals surface area contributed by atoms with Crippen LogP contribution in [-0.2, 0) is 9.84 Å². The van der Waals surface area contributed by atoms with Crippen molar-refractivity contribution in [1.29, 1.82) is 0 Å². The van der Waals surface area contributed by atoms with Gasteiger partial charge in [0, 0.05) is 10.7 Å². The maximum absolute atomic E-state index is 12.1. The summed E-state index contributed by atoms with van der Waals surface area (Å²) in [7, 11) is -3.42. The lowest BCUT2D eigenvalue weighted by atomic mass is 10.1. The number of aromatic amines is 1. The molecule has 0 amide bonds. The summed E-state index contributed by atoms with van der Waals surface area (Å²) in [6, 6.07) is 6.74. The molecule has 1 atom stereocenters. The van der Waals surface area contributed by atoms with Crippen LogP contribution in [0.5, 0.6) is 5.88 Å². The van der Waals surface area contributed by atoms with Gasteiger partial charge in [-0.1, -0.05) is 28.1 Å². The number of aromatic nitrogens is 2. The van der Waals surface area contributed by atoms with Crippen molar-refractivity contribution in [3.63, 3.8) is 0 Å². The van der Waals surface area contributed by atoms with E-state index in [4.69, 9.17) is 0 Å². The van der Waals surface area contributed by atoms with Gasteiger partial charge in [-0.25, -0.2) is 8.42 Å². The van der Waals surface area contributed by atoms with Crippen LogP contribution in [0, 0.1) is 0 Å². The normalized spacial score (nSPS) is 13.1. The van der Waals surface area contributed by atoms with Crippen LogP contribution in [0.25, 0.3) is 11.1 Å². The second-order valence-electron chi connectivity index (χ2n) is 4.63. The Morgan fingerprint density at radius 1 is 1.29 bits per heavy atom. The minimum atomic E-state index is -3.42. The van der Waals surface area contributed by atoms with E-state index in [1.807, 2.05) is 0 Å². The monoisotopic (exact) mass is 372 g/mol. The third-order valence-corrected chi connectivity index (χ3v) is 5.12. The topological polar surface area (TPSA) is 100 Å². The van der Waals surface area contributed by atoms with Gasteiger partial charge in [0.15, 0.2) is 9.84 Å². The molecule has 2 N–H and O–H groups in total. The highest BCUT2D eigenvalue weighted by molar-refractivity contribution is 9.10. The number of nitrogens with one attached hydrogen (secondary N) is 1. The quantitative estimate of drug-likeness (QED) is 0.857. The van der Waals surface area contributed by atoms with Crippen molar-refractivity contribution in [2.75, 3.05) is 6.26 Å². The van der Waals surface area contributed by atoms with Crippen LogP contribution in [0.15, 0.2) is 33.5 Å². The van der Waals surface area contributed by atoms with Gasteiger partial charge in [-0.3, -0.25) is 4.79 Å². The molecule has 0 aliphatic carbocycles. The SMILES string of the molecule is CC(c1nc(O)c(-c2ccc(Br)cc2)c(=O)[nH]1)S(C)(=O)=O. The standard InChI is InChI=1S/C13H13BrN2O4S/c1-7(21(2,19)20)11-15-12(17)10(13(18)16-11)8-3-5-9(14)6-4-8/h3-7H,1-2H3,(H2,15,16,17,18). The molecule has 0 radical (unpaired) electrons. The van der Waals surface area contributed by atoms with E-state index in [1.165, 1.54) is 6.92 Å². The second-order valence-corrected chi connectivity index (χ2v) is 7.91. The van der Waals surface area contributed by atoms with E-state index in [0.29, 0.717) is 5.56 Å². The Kier molecular flexibility index (Phi) is 4.20. The first kappa shape index (κ1) is 15.7. The average Bonchev–Trinajstić information content (AvgIpc) is 2.38. The molecular weight excluding hydrogens is 360 g/mol. The number of H-pyrrole nitrogens is 1. The van der Waals surface area contributed by atoms with Crippen molar-refractivity contribution < 1.29 is 13.5 Å². The molecule has 0 aliphatic heterocycles. The Bertz CT molecular complexity index is 828. The molecule has 1 aromatic carbocycles. The fourth-order valence-electron chi connectivity index (χ4n) is 1.75. The molecule has 0 fully saturated rings. The van der Waals surface area contributed by atoms with E-state index in [1.54, 1.807) is 24.3 Å². The highest BCUT2D eigenvalue weighted by atomic mass is 79.9. The van der Waals surface area contributed by atoms with Crippen LogP contribution < -0.4 is 5.56 Å². The summed E-state index contributed by atoms with van der Waals surface area (Å²) in [6.07, 6.45) is 1.04. The molecule has 0 spiro atoms. The third kappa shape index (κ3) is 3.33. The van der Waals surface area contributed by atoms with E-state index in [9.17, 15) is 18.3 Å². The fourth-order valence-corrected chi connectivity index (χ4v) is 2.53. The van der Waals surface area contributed by atoms with Gasteiger partial charge in [0.2, 0.25) is 5.88 Å². The number of nitrogens with zero attached hydrogens (tertiary/aromatic N) is 1. The first-order chi connectivity index (χ1) is 9.70. The predicted molar refractivity (Wildman–Crippen MR) is 82.9 cm³/mol. The van der Waals surface area contributed by atoms with Crippen molar-refractivity contribution in [3.8, 4) is 17.0 Å². The summed E-state index contributed by atoms with van der Waals surface area (Å²) in [6.45, 7) is 1.40. The van der Waals surface area contributed by atoms with Crippen molar-refractivity contribution in [3.05, 3.63) is 44.9 Å². The molecule has 1 aromatic heterocycles. The number of hydrogen-bond acceptors (Lipinski definition) is 5. The van der Waals surface area contributed by atoms with E-state index in [2.05, 4.69) is 25.9 Å². The maximum atomic E-state index is 12.1. The number of benzene rings is 1. The van der Waals surface area contributed by atoms with Crippen molar-refractivity contribution >= 4 is 25.8 Å². The Hall–Kier alpha value is -1.67. The molecule has 1 heterocycles. The molecule has 0 saturated heterocycles. The summed E-state index contributed by atoms with van der Waals surface area (Å²) in [5.74, 6) is -0.576. The van der Waals surface area contributed by atoms with E-state index < -0.39 is 26.5 Å². The Morgan fingerprint density at radius 2 is 1.86 bits per heavy atom. The average molecular weight is 373 g/mol. The van der Waals surface area contributed by atoms with Gasteiger partial charge in [-0.15, -0.1) is 0 Å². The molecule has 2 aromatic rings. The van der Waals surface area contributed by atoms with E-state index in [-0.39, 0.29) is 11.4 Å². The van der Waals surface area contributed by atoms with Gasteiger partial charge in [-0.2, -0.15) is 4.98 Å². The highest BCUT2D eigenvalue weighted by Gasteiger charge is 2.22. The summed E-state index contributed by atoms with van der Waals surface area (Å²) in [5.41, 5.74) is -0.0923. The lowest BCUT2D eigenvalue weighted by Crippen LogP contribution is -2.19. The Balaban J connectivity index is 2.58. The molecule has 2 rings (SSSR count). The predicted octanol–water partition coefficient (Wildman–Crippen LogP) is 2.01. The van der Waals surface area contributed by atoms with Crippen molar-refractivity contribution in [1.82, 2.24) is 9.97 Å². The van der Waals surface area contributed by atoms with E-state index >= 15 is 0 Å². The van der Waals surface area contributed by atoms with Gasteiger partial charge in [0.05, 0.1) is 0 Å². The summed E-state index contributed by atoms with van der Waals surface area (Å²) < 4.78 is 23.8.